The molecule has 2 fully saturated rings. The molecule has 0 spiro atoms. The Bertz CT molecular complexity index is 1520. The number of nitrogens with zero attached hydrogens (tertiary/aromatic N) is 5. The van der Waals surface area contributed by atoms with Crippen molar-refractivity contribution in [2.45, 2.75) is 84.5 Å². The van der Waals surface area contributed by atoms with E-state index >= 15 is 0 Å². The third kappa shape index (κ3) is 5.43. The molecular weight excluding hydrogens is 536 g/mol. The number of carbonyl (C=O) groups is 3. The van der Waals surface area contributed by atoms with Gasteiger partial charge in [-0.15, -0.1) is 0 Å². The first-order valence-electron chi connectivity index (χ1n) is 14.9. The molecule has 4 heterocycles. The second kappa shape index (κ2) is 11.5. The fraction of sp³-hybridized carbons (Fsp3) is 0.548. The molecule has 0 unspecified atom stereocenters. The van der Waals surface area contributed by atoms with Gasteiger partial charge in [-0.3, -0.25) is 19.1 Å². The van der Waals surface area contributed by atoms with Crippen LogP contribution in [0.2, 0.25) is 0 Å². The van der Waals surface area contributed by atoms with E-state index in [-0.39, 0.29) is 47.2 Å². The lowest BCUT2D eigenvalue weighted by atomic mass is 9.97. The predicted molar refractivity (Wildman–Crippen MR) is 154 cm³/mol. The zero-order valence-electron chi connectivity index (χ0n) is 24.5. The van der Waals surface area contributed by atoms with Crippen LogP contribution in [0.1, 0.15) is 74.0 Å². The van der Waals surface area contributed by atoms with E-state index in [4.69, 9.17) is 9.47 Å². The topological polar surface area (TPSA) is 129 Å². The summed E-state index contributed by atoms with van der Waals surface area (Å²) in [5.41, 5.74) is 2.58. The maximum Gasteiger partial charge on any atom is 0.321 e. The lowest BCUT2D eigenvalue weighted by Crippen LogP contribution is -2.44. The summed E-state index contributed by atoms with van der Waals surface area (Å²) in [6.45, 7) is 7.69. The number of aryl methyl sites for hydroxylation is 1. The molecule has 1 saturated carbocycles. The standard InChI is InChI=1S/C31H38N6O5/c1-4-25(39)24-12-31-13-26(31)37(24)27(40)17-36-29-21(16-32-8-6-5-7-9-41-18-31)10-22(11-23(29)28(35-36)20(3)38)42-30-33-14-19(2)15-34-30/h10-11,14-15,24,26,32H,4-9,12-13,16-18H2,1-3H3/t24-,26+,31-/m0/s1. The van der Waals surface area contributed by atoms with Crippen molar-refractivity contribution in [1.82, 2.24) is 30.0 Å². The average Bonchev–Trinajstić information content (AvgIpc) is 3.38. The van der Waals surface area contributed by atoms with Crippen molar-refractivity contribution in [2.75, 3.05) is 19.8 Å². The first-order valence-corrected chi connectivity index (χ1v) is 14.9. The summed E-state index contributed by atoms with van der Waals surface area (Å²) in [6, 6.07) is 3.39. The van der Waals surface area contributed by atoms with Crippen molar-refractivity contribution in [3.05, 3.63) is 41.3 Å². The summed E-state index contributed by atoms with van der Waals surface area (Å²) in [5.74, 6) is 0.177. The number of carbonyl (C=O) groups excluding carboxylic acids is 3. The Kier molecular flexibility index (Phi) is 7.80. The largest absolute Gasteiger partial charge is 0.424 e. The van der Waals surface area contributed by atoms with Crippen molar-refractivity contribution in [3.63, 3.8) is 0 Å². The summed E-state index contributed by atoms with van der Waals surface area (Å²) < 4.78 is 13.7. The first-order chi connectivity index (χ1) is 20.3. The van der Waals surface area contributed by atoms with Crippen LogP contribution in [-0.2, 0) is 27.4 Å². The van der Waals surface area contributed by atoms with Gasteiger partial charge in [0.05, 0.1) is 18.2 Å². The van der Waals surface area contributed by atoms with Crippen LogP contribution >= 0.6 is 0 Å². The second-order valence-corrected chi connectivity index (χ2v) is 11.9. The Labute approximate surface area is 245 Å². The fourth-order valence-corrected chi connectivity index (χ4v) is 6.53. The molecule has 1 aliphatic carbocycles. The third-order valence-corrected chi connectivity index (χ3v) is 8.75. The number of rotatable bonds is 5. The fourth-order valence-electron chi connectivity index (χ4n) is 6.53. The molecule has 1 N–H and O–H groups in total. The molecule has 6 rings (SSSR count). The molecule has 2 bridgehead atoms. The lowest BCUT2D eigenvalue weighted by molar-refractivity contribution is -0.139. The quantitative estimate of drug-likeness (QED) is 0.453. The third-order valence-electron chi connectivity index (χ3n) is 8.75. The highest BCUT2D eigenvalue weighted by molar-refractivity contribution is 6.06. The highest BCUT2D eigenvalue weighted by Crippen LogP contribution is 2.60. The number of hydrogen-bond donors (Lipinski definition) is 1. The van der Waals surface area contributed by atoms with Gasteiger partial charge in [0.15, 0.2) is 11.6 Å². The molecule has 3 aromatic rings. The number of ketones is 2. The Morgan fingerprint density at radius 3 is 2.74 bits per heavy atom. The number of amides is 1. The van der Waals surface area contributed by atoms with Gasteiger partial charge in [0.2, 0.25) is 5.91 Å². The first kappa shape index (κ1) is 28.4. The SMILES string of the molecule is CCC(=O)[C@@H]1C[C@]23COCCCCCNCc4cc(Oc5ncc(C)cn5)cc5c(C(C)=O)nn(c45)CC(=O)N1[C@@H]2C3. The number of aromatic nitrogens is 4. The number of piperidine rings is 1. The van der Waals surface area contributed by atoms with Crippen molar-refractivity contribution in [2.24, 2.45) is 5.41 Å². The van der Waals surface area contributed by atoms with Gasteiger partial charge < -0.3 is 19.7 Å². The molecule has 3 atom stereocenters. The van der Waals surface area contributed by atoms with Crippen molar-refractivity contribution in [3.8, 4) is 11.8 Å². The van der Waals surface area contributed by atoms with E-state index in [1.54, 1.807) is 28.0 Å². The van der Waals surface area contributed by atoms with Gasteiger partial charge in [0.25, 0.3) is 0 Å². The summed E-state index contributed by atoms with van der Waals surface area (Å²) in [5, 5.41) is 8.76. The monoisotopic (exact) mass is 574 g/mol. The van der Waals surface area contributed by atoms with E-state index in [9.17, 15) is 14.4 Å². The van der Waals surface area contributed by atoms with Crippen LogP contribution in [-0.4, -0.2) is 74.0 Å². The van der Waals surface area contributed by atoms with Crippen LogP contribution in [0.25, 0.3) is 10.9 Å². The Balaban J connectivity index is 1.40. The lowest BCUT2D eigenvalue weighted by Gasteiger charge is -2.26. The van der Waals surface area contributed by atoms with Crippen LogP contribution in [0, 0.1) is 12.3 Å². The number of nitrogens with one attached hydrogen (secondary N) is 1. The van der Waals surface area contributed by atoms with Crippen LogP contribution in [0.5, 0.6) is 11.8 Å². The number of hydrogen-bond acceptors (Lipinski definition) is 9. The van der Waals surface area contributed by atoms with Gasteiger partial charge >= 0.3 is 6.01 Å². The van der Waals surface area contributed by atoms with Gasteiger partial charge in [-0.2, -0.15) is 5.10 Å². The van der Waals surface area contributed by atoms with Crippen molar-refractivity contribution >= 4 is 28.4 Å². The number of ether oxygens (including phenoxy) is 2. The van der Waals surface area contributed by atoms with Gasteiger partial charge in [-0.25, -0.2) is 9.97 Å². The summed E-state index contributed by atoms with van der Waals surface area (Å²) >= 11 is 0. The highest BCUT2D eigenvalue weighted by Gasteiger charge is 2.66. The van der Waals surface area contributed by atoms with E-state index in [1.165, 1.54) is 6.92 Å². The number of Topliss-reactive ketones (excluding diaryl/α,β-unsaturated/α-hetero) is 2. The Morgan fingerprint density at radius 2 is 1.98 bits per heavy atom. The van der Waals surface area contributed by atoms with E-state index in [0.717, 1.165) is 43.4 Å². The molecule has 11 heteroatoms. The normalized spacial score (nSPS) is 24.7. The second-order valence-electron chi connectivity index (χ2n) is 11.9. The zero-order chi connectivity index (χ0) is 29.4. The molecule has 1 amide bonds. The molecule has 222 valence electrons. The molecule has 3 aliphatic rings. The zero-order valence-corrected chi connectivity index (χ0v) is 24.5. The smallest absolute Gasteiger partial charge is 0.321 e. The van der Waals surface area contributed by atoms with E-state index in [0.29, 0.717) is 49.3 Å². The van der Waals surface area contributed by atoms with E-state index in [2.05, 4.69) is 20.4 Å². The van der Waals surface area contributed by atoms with Gasteiger partial charge in [0, 0.05) is 55.7 Å². The van der Waals surface area contributed by atoms with Crippen LogP contribution in [0.15, 0.2) is 24.5 Å². The summed E-state index contributed by atoms with van der Waals surface area (Å²) in [6.07, 6.45) is 8.21. The Morgan fingerprint density at radius 1 is 1.17 bits per heavy atom. The highest BCUT2D eigenvalue weighted by atomic mass is 16.5. The maximum atomic E-state index is 14.0. The van der Waals surface area contributed by atoms with Gasteiger partial charge in [-0.05, 0) is 68.8 Å². The average molecular weight is 575 g/mol. The minimum absolute atomic E-state index is 0.00839. The molecule has 2 aliphatic heterocycles. The predicted octanol–water partition coefficient (Wildman–Crippen LogP) is 3.76. The summed E-state index contributed by atoms with van der Waals surface area (Å²) in [7, 11) is 0. The number of benzene rings is 1. The van der Waals surface area contributed by atoms with Crippen molar-refractivity contribution < 1.29 is 23.9 Å². The van der Waals surface area contributed by atoms with Gasteiger partial charge in [0.1, 0.15) is 18.0 Å². The molecule has 2 aromatic heterocycles. The maximum absolute atomic E-state index is 14.0. The molecule has 1 aromatic carbocycles. The minimum atomic E-state index is -0.450. The molecule has 0 radical (unpaired) electrons. The summed E-state index contributed by atoms with van der Waals surface area (Å²) in [4.78, 5) is 50.1. The van der Waals surface area contributed by atoms with Crippen LogP contribution < -0.4 is 10.1 Å². The molecule has 11 nitrogen and oxygen atoms in total. The Hall–Kier alpha value is -3.70. The van der Waals surface area contributed by atoms with E-state index < -0.39 is 6.04 Å². The van der Waals surface area contributed by atoms with E-state index in [1.807, 2.05) is 19.9 Å². The minimum Gasteiger partial charge on any atom is -0.424 e. The van der Waals surface area contributed by atoms with Crippen LogP contribution in [0.3, 0.4) is 0 Å². The van der Waals surface area contributed by atoms with Gasteiger partial charge in [-0.1, -0.05) is 6.92 Å². The molecular formula is C31H38N6O5. The molecule has 42 heavy (non-hydrogen) atoms. The van der Waals surface area contributed by atoms with Crippen molar-refractivity contribution in [1.29, 1.82) is 0 Å². The van der Waals surface area contributed by atoms with Crippen LogP contribution in [0.4, 0.5) is 0 Å². The molecule has 1 saturated heterocycles.